The molecule has 1 aliphatic rings. The van der Waals surface area contributed by atoms with Gasteiger partial charge in [-0.25, -0.2) is 22.3 Å². The molecule has 172 valence electrons. The Morgan fingerprint density at radius 1 is 1.21 bits per heavy atom. The van der Waals surface area contributed by atoms with Crippen LogP contribution in [0.15, 0.2) is 48.5 Å². The summed E-state index contributed by atoms with van der Waals surface area (Å²) >= 11 is 0. The van der Waals surface area contributed by atoms with Gasteiger partial charge in [0, 0.05) is 23.2 Å². The van der Waals surface area contributed by atoms with Crippen LogP contribution in [0.5, 0.6) is 0 Å². The van der Waals surface area contributed by atoms with Gasteiger partial charge in [-0.3, -0.25) is 4.79 Å². The molecule has 0 radical (unpaired) electrons. The van der Waals surface area contributed by atoms with Gasteiger partial charge in [-0.15, -0.1) is 0 Å². The highest BCUT2D eigenvalue weighted by atomic mass is 32.2. The van der Waals surface area contributed by atoms with Crippen molar-refractivity contribution in [2.45, 2.75) is 24.9 Å². The smallest absolute Gasteiger partial charge is 0.326 e. The molecule has 1 amide bonds. The summed E-state index contributed by atoms with van der Waals surface area (Å²) in [4.78, 5) is 27.6. The molecule has 0 bridgehead atoms. The zero-order valence-electron chi connectivity index (χ0n) is 17.6. The summed E-state index contributed by atoms with van der Waals surface area (Å²) in [6.07, 6.45) is 3.80. The average molecular weight is 472 g/mol. The lowest BCUT2D eigenvalue weighted by Crippen LogP contribution is -2.43. The summed E-state index contributed by atoms with van der Waals surface area (Å²) in [6.45, 7) is 0. The molecular weight excluding hydrogens is 449 g/mol. The van der Waals surface area contributed by atoms with Crippen LogP contribution in [0.1, 0.15) is 28.4 Å². The molecule has 2 atom stereocenters. The van der Waals surface area contributed by atoms with Crippen molar-refractivity contribution in [2.24, 2.45) is 0 Å². The largest absolute Gasteiger partial charge is 0.480 e. The second kappa shape index (κ2) is 8.80. The minimum absolute atomic E-state index is 0.0331. The van der Waals surface area contributed by atoms with Gasteiger partial charge in [0.25, 0.3) is 0 Å². The van der Waals surface area contributed by atoms with Crippen LogP contribution in [0.4, 0.5) is 4.39 Å². The SMILES string of the molecule is CS(=O)(=O)NC1C=Cc2c1ccc(F)c2CC(=O)N[C@H](Cc1cc2ccccc2[nH]1)C(=O)O. The molecule has 0 spiro atoms. The number of H-pyrrole nitrogens is 1. The number of hydrogen-bond donors (Lipinski definition) is 4. The number of para-hydroxylation sites is 1. The Labute approximate surface area is 189 Å². The number of amides is 1. The maximum Gasteiger partial charge on any atom is 0.326 e. The molecule has 10 heteroatoms. The van der Waals surface area contributed by atoms with Crippen molar-refractivity contribution in [2.75, 3.05) is 6.26 Å². The van der Waals surface area contributed by atoms with E-state index in [0.717, 1.165) is 17.2 Å². The number of hydrogen-bond acceptors (Lipinski definition) is 4. The topological polar surface area (TPSA) is 128 Å². The van der Waals surface area contributed by atoms with Gasteiger partial charge in [-0.2, -0.15) is 0 Å². The average Bonchev–Trinajstić information content (AvgIpc) is 3.32. The van der Waals surface area contributed by atoms with Crippen molar-refractivity contribution in [3.8, 4) is 0 Å². The van der Waals surface area contributed by atoms with Gasteiger partial charge in [0.15, 0.2) is 0 Å². The molecule has 0 aliphatic heterocycles. The first-order valence-corrected chi connectivity index (χ1v) is 12.1. The van der Waals surface area contributed by atoms with Crippen LogP contribution in [0, 0.1) is 5.82 Å². The molecule has 1 unspecified atom stereocenters. The number of aromatic nitrogens is 1. The van der Waals surface area contributed by atoms with Gasteiger partial charge in [0.1, 0.15) is 11.9 Å². The molecule has 1 aliphatic carbocycles. The zero-order chi connectivity index (χ0) is 23.8. The fourth-order valence-corrected chi connectivity index (χ4v) is 4.67. The van der Waals surface area contributed by atoms with Crippen molar-refractivity contribution in [3.63, 3.8) is 0 Å². The quantitative estimate of drug-likeness (QED) is 0.401. The predicted octanol–water partition coefficient (Wildman–Crippen LogP) is 2.28. The number of carbonyl (C=O) groups excluding carboxylic acids is 1. The van der Waals surface area contributed by atoms with Gasteiger partial charge < -0.3 is 15.4 Å². The molecular formula is C23H22FN3O5S. The van der Waals surface area contributed by atoms with E-state index in [1.165, 1.54) is 12.1 Å². The standard InChI is InChI=1S/C23H22FN3O5S/c1-33(31,32)27-20-9-7-15-16(20)6-8-18(24)17(15)12-22(28)26-21(23(29)30)11-14-10-13-4-2-3-5-19(13)25-14/h2-10,20-21,25,27H,11-12H2,1H3,(H,26,28)(H,29,30)/t20?,21-/m1/s1. The van der Waals surface area contributed by atoms with E-state index in [1.807, 2.05) is 30.3 Å². The van der Waals surface area contributed by atoms with E-state index in [0.29, 0.717) is 16.8 Å². The molecule has 33 heavy (non-hydrogen) atoms. The number of carboxylic acids is 1. The first-order chi connectivity index (χ1) is 15.6. The summed E-state index contributed by atoms with van der Waals surface area (Å²) in [5, 5.41) is 13.0. The number of halogens is 1. The minimum atomic E-state index is -3.50. The molecule has 3 aromatic rings. The van der Waals surface area contributed by atoms with Crippen molar-refractivity contribution >= 4 is 38.9 Å². The number of aliphatic carboxylic acids is 1. The van der Waals surface area contributed by atoms with Gasteiger partial charge in [-0.1, -0.05) is 36.4 Å². The van der Waals surface area contributed by atoms with Crippen molar-refractivity contribution in [1.29, 1.82) is 0 Å². The lowest BCUT2D eigenvalue weighted by atomic mass is 9.98. The van der Waals surface area contributed by atoms with Crippen molar-refractivity contribution in [3.05, 3.63) is 76.7 Å². The fourth-order valence-electron chi connectivity index (χ4n) is 4.00. The lowest BCUT2D eigenvalue weighted by molar-refractivity contribution is -0.141. The van der Waals surface area contributed by atoms with Crippen LogP contribution in [-0.2, 0) is 32.5 Å². The van der Waals surface area contributed by atoms with Crippen LogP contribution in [-0.4, -0.2) is 42.7 Å². The number of aromatic amines is 1. The van der Waals surface area contributed by atoms with Crippen LogP contribution >= 0.6 is 0 Å². The maximum absolute atomic E-state index is 14.6. The molecule has 0 saturated heterocycles. The van der Waals surface area contributed by atoms with Crippen LogP contribution in [0.3, 0.4) is 0 Å². The number of fused-ring (bicyclic) bond motifs is 2. The number of sulfonamides is 1. The summed E-state index contributed by atoms with van der Waals surface area (Å²) in [5.74, 6) is -2.49. The Morgan fingerprint density at radius 3 is 2.67 bits per heavy atom. The Morgan fingerprint density at radius 2 is 1.97 bits per heavy atom. The minimum Gasteiger partial charge on any atom is -0.480 e. The molecule has 8 nitrogen and oxygen atoms in total. The van der Waals surface area contributed by atoms with Crippen molar-refractivity contribution in [1.82, 2.24) is 15.0 Å². The second-order valence-corrected chi connectivity index (χ2v) is 9.76. The molecule has 2 aromatic carbocycles. The Balaban J connectivity index is 1.50. The highest BCUT2D eigenvalue weighted by molar-refractivity contribution is 7.88. The van der Waals surface area contributed by atoms with E-state index in [-0.39, 0.29) is 18.4 Å². The van der Waals surface area contributed by atoms with E-state index < -0.39 is 39.8 Å². The lowest BCUT2D eigenvalue weighted by Gasteiger charge is -2.16. The number of nitrogens with one attached hydrogen (secondary N) is 3. The van der Waals surface area contributed by atoms with Gasteiger partial charge >= 0.3 is 5.97 Å². The number of carbonyl (C=O) groups is 2. The summed E-state index contributed by atoms with van der Waals surface area (Å²) in [7, 11) is -3.50. The Hall–Kier alpha value is -3.50. The molecule has 4 N–H and O–H groups in total. The number of carboxylic acid groups (broad SMARTS) is 1. The first kappa shape index (κ1) is 22.7. The summed E-state index contributed by atoms with van der Waals surface area (Å²) in [5.41, 5.74) is 2.52. The first-order valence-electron chi connectivity index (χ1n) is 10.2. The summed E-state index contributed by atoms with van der Waals surface area (Å²) < 4.78 is 40.2. The third-order valence-electron chi connectivity index (χ3n) is 5.45. The van der Waals surface area contributed by atoms with Crippen LogP contribution < -0.4 is 10.0 Å². The third-order valence-corrected chi connectivity index (χ3v) is 6.13. The molecule has 4 rings (SSSR count). The number of rotatable bonds is 8. The van der Waals surface area contributed by atoms with Crippen LogP contribution in [0.25, 0.3) is 17.0 Å². The Bertz CT molecular complexity index is 1350. The van der Waals surface area contributed by atoms with E-state index >= 15 is 0 Å². The maximum atomic E-state index is 14.6. The monoisotopic (exact) mass is 471 g/mol. The van der Waals surface area contributed by atoms with Crippen LogP contribution in [0.2, 0.25) is 0 Å². The van der Waals surface area contributed by atoms with E-state index in [4.69, 9.17) is 0 Å². The molecule has 1 aromatic heterocycles. The molecule has 0 saturated carbocycles. The third kappa shape index (κ3) is 5.12. The highest BCUT2D eigenvalue weighted by Crippen LogP contribution is 2.32. The fraction of sp³-hybridized carbons (Fsp3) is 0.217. The normalized spacial score (nSPS) is 16.0. The molecule has 1 heterocycles. The predicted molar refractivity (Wildman–Crippen MR) is 121 cm³/mol. The van der Waals surface area contributed by atoms with Gasteiger partial charge in [0.2, 0.25) is 15.9 Å². The number of benzene rings is 2. The van der Waals surface area contributed by atoms with Gasteiger partial charge in [-0.05, 0) is 34.7 Å². The zero-order valence-corrected chi connectivity index (χ0v) is 18.4. The molecule has 0 fully saturated rings. The highest BCUT2D eigenvalue weighted by Gasteiger charge is 2.27. The van der Waals surface area contributed by atoms with E-state index in [9.17, 15) is 27.5 Å². The van der Waals surface area contributed by atoms with Gasteiger partial charge in [0.05, 0.1) is 18.7 Å². The van der Waals surface area contributed by atoms with Crippen molar-refractivity contribution < 1.29 is 27.5 Å². The Kier molecular flexibility index (Phi) is 6.05. The van der Waals surface area contributed by atoms with E-state index in [2.05, 4.69) is 15.0 Å². The van der Waals surface area contributed by atoms with E-state index in [1.54, 1.807) is 12.2 Å². The summed E-state index contributed by atoms with van der Waals surface area (Å²) in [6, 6.07) is 10.1. The second-order valence-electron chi connectivity index (χ2n) is 7.98.